The lowest BCUT2D eigenvalue weighted by Gasteiger charge is -2.03. The molecule has 2 aromatic rings. The summed E-state index contributed by atoms with van der Waals surface area (Å²) in [7, 11) is 0. The van der Waals surface area contributed by atoms with Crippen molar-refractivity contribution >= 4 is 17.4 Å². The van der Waals surface area contributed by atoms with E-state index in [-0.39, 0.29) is 0 Å². The van der Waals surface area contributed by atoms with Crippen molar-refractivity contribution in [3.63, 3.8) is 0 Å². The van der Waals surface area contributed by atoms with Crippen molar-refractivity contribution in [2.24, 2.45) is 5.84 Å². The molecule has 0 radical (unpaired) electrons. The zero-order valence-corrected chi connectivity index (χ0v) is 9.31. The van der Waals surface area contributed by atoms with Crippen LogP contribution in [0.2, 0.25) is 0 Å². The van der Waals surface area contributed by atoms with E-state index in [0.29, 0.717) is 0 Å². The average molecular weight is 233 g/mol. The van der Waals surface area contributed by atoms with Crippen LogP contribution < -0.4 is 11.3 Å². The minimum absolute atomic E-state index is 0.756. The van der Waals surface area contributed by atoms with Crippen molar-refractivity contribution in [1.82, 2.24) is 15.0 Å². The molecule has 16 heavy (non-hydrogen) atoms. The van der Waals surface area contributed by atoms with E-state index in [1.807, 2.05) is 18.2 Å². The molecule has 0 amide bonds. The summed E-state index contributed by atoms with van der Waals surface area (Å²) in [5.41, 5.74) is 4.40. The summed E-state index contributed by atoms with van der Waals surface area (Å²) < 4.78 is 0. The summed E-state index contributed by atoms with van der Waals surface area (Å²) in [5.74, 6) is 6.08. The molecule has 2 heterocycles. The van der Waals surface area contributed by atoms with Gasteiger partial charge in [0, 0.05) is 18.1 Å². The summed E-state index contributed by atoms with van der Waals surface area (Å²) in [4.78, 5) is 12.2. The van der Waals surface area contributed by atoms with E-state index in [4.69, 9.17) is 5.84 Å². The maximum Gasteiger partial charge on any atom is 0.116 e. The van der Waals surface area contributed by atoms with E-state index in [9.17, 15) is 0 Å². The first-order valence-electron chi connectivity index (χ1n) is 4.69. The Morgan fingerprint density at radius 1 is 1.25 bits per heavy atom. The molecule has 0 bridgehead atoms. The van der Waals surface area contributed by atoms with E-state index in [1.165, 1.54) is 6.33 Å². The fourth-order valence-corrected chi connectivity index (χ4v) is 1.89. The van der Waals surface area contributed by atoms with Gasteiger partial charge in [0.25, 0.3) is 0 Å². The predicted octanol–water partition coefficient (Wildman–Crippen LogP) is 1.45. The smallest absolute Gasteiger partial charge is 0.116 e. The Morgan fingerprint density at radius 2 is 2.19 bits per heavy atom. The molecule has 0 unspecified atom stereocenters. The lowest BCUT2D eigenvalue weighted by atomic mass is 10.3. The van der Waals surface area contributed by atoms with Crippen LogP contribution in [0, 0.1) is 0 Å². The Bertz CT molecular complexity index is 448. The minimum Gasteiger partial charge on any atom is -0.324 e. The number of aromatic nitrogens is 3. The maximum absolute atomic E-state index is 5.32. The van der Waals surface area contributed by atoms with Crippen LogP contribution in [-0.2, 0) is 5.75 Å². The number of nitrogens with one attached hydrogen (secondary N) is 1. The van der Waals surface area contributed by atoms with Gasteiger partial charge in [0.1, 0.15) is 6.33 Å². The first kappa shape index (κ1) is 10.8. The van der Waals surface area contributed by atoms with Gasteiger partial charge in [-0.2, -0.15) is 0 Å². The number of anilines is 1. The zero-order chi connectivity index (χ0) is 11.2. The lowest BCUT2D eigenvalue weighted by molar-refractivity contribution is 1.04. The van der Waals surface area contributed by atoms with Gasteiger partial charge in [-0.15, -0.1) is 0 Å². The third kappa shape index (κ3) is 2.91. The van der Waals surface area contributed by atoms with E-state index < -0.39 is 0 Å². The van der Waals surface area contributed by atoms with Crippen molar-refractivity contribution < 1.29 is 0 Å². The summed E-state index contributed by atoms with van der Waals surface area (Å²) in [6, 6.07) is 5.60. The second kappa shape index (κ2) is 5.43. The topological polar surface area (TPSA) is 76.7 Å². The first-order chi connectivity index (χ1) is 7.88. The minimum atomic E-state index is 0.756. The molecule has 0 spiro atoms. The molecule has 6 heteroatoms. The Balaban J connectivity index is 1.99. The number of hydrogen-bond acceptors (Lipinski definition) is 6. The van der Waals surface area contributed by atoms with Gasteiger partial charge in [0.2, 0.25) is 0 Å². The van der Waals surface area contributed by atoms with Crippen LogP contribution in [0.4, 0.5) is 5.69 Å². The quantitative estimate of drug-likeness (QED) is 0.360. The van der Waals surface area contributed by atoms with Crippen molar-refractivity contribution in [3.05, 3.63) is 42.6 Å². The van der Waals surface area contributed by atoms with E-state index >= 15 is 0 Å². The first-order valence-corrected chi connectivity index (χ1v) is 5.67. The molecule has 2 aromatic heterocycles. The number of rotatable bonds is 4. The highest BCUT2D eigenvalue weighted by molar-refractivity contribution is 7.98. The molecule has 0 aliphatic heterocycles. The molecular formula is C10H11N5S. The Kier molecular flexibility index (Phi) is 3.68. The molecule has 0 atom stereocenters. The van der Waals surface area contributed by atoms with Gasteiger partial charge < -0.3 is 5.43 Å². The molecule has 0 fully saturated rings. The molecule has 0 aliphatic carbocycles. The summed E-state index contributed by atoms with van der Waals surface area (Å²) in [5, 5.41) is 0.933. The molecule has 5 nitrogen and oxygen atoms in total. The van der Waals surface area contributed by atoms with Gasteiger partial charge in [-0.25, -0.2) is 9.97 Å². The zero-order valence-electron chi connectivity index (χ0n) is 8.50. The van der Waals surface area contributed by atoms with Crippen LogP contribution in [0.5, 0.6) is 0 Å². The number of nitrogen functional groups attached to an aromatic ring is 1. The highest BCUT2D eigenvalue weighted by Crippen LogP contribution is 2.19. The van der Waals surface area contributed by atoms with E-state index in [1.54, 1.807) is 24.2 Å². The molecule has 0 saturated heterocycles. The van der Waals surface area contributed by atoms with Crippen molar-refractivity contribution in [2.75, 3.05) is 5.43 Å². The highest BCUT2D eigenvalue weighted by Gasteiger charge is 1.99. The van der Waals surface area contributed by atoms with Gasteiger partial charge >= 0.3 is 0 Å². The van der Waals surface area contributed by atoms with Crippen LogP contribution in [0.3, 0.4) is 0 Å². The summed E-state index contributed by atoms with van der Waals surface area (Å²) in [6.07, 6.45) is 4.99. The van der Waals surface area contributed by atoms with Gasteiger partial charge in [0.05, 0.1) is 16.4 Å². The maximum atomic E-state index is 5.32. The van der Waals surface area contributed by atoms with Crippen LogP contribution in [0.1, 0.15) is 5.69 Å². The number of hydrogen-bond donors (Lipinski definition) is 2. The third-order valence-corrected chi connectivity index (χ3v) is 2.88. The molecule has 0 aromatic carbocycles. The van der Waals surface area contributed by atoms with Crippen LogP contribution in [0.15, 0.2) is 41.9 Å². The van der Waals surface area contributed by atoms with Crippen LogP contribution in [0.25, 0.3) is 0 Å². The van der Waals surface area contributed by atoms with Gasteiger partial charge in [-0.3, -0.25) is 10.8 Å². The van der Waals surface area contributed by atoms with Crippen LogP contribution in [-0.4, -0.2) is 15.0 Å². The van der Waals surface area contributed by atoms with E-state index in [2.05, 4.69) is 20.4 Å². The lowest BCUT2D eigenvalue weighted by Crippen LogP contribution is -2.07. The molecule has 82 valence electrons. The fourth-order valence-electron chi connectivity index (χ4n) is 1.16. The fraction of sp³-hybridized carbons (Fsp3) is 0.100. The van der Waals surface area contributed by atoms with Crippen molar-refractivity contribution in [1.29, 1.82) is 0 Å². The monoisotopic (exact) mass is 233 g/mol. The molecule has 0 aliphatic rings. The highest BCUT2D eigenvalue weighted by atomic mass is 32.2. The number of hydrazine groups is 1. The second-order valence-electron chi connectivity index (χ2n) is 3.02. The Labute approximate surface area is 97.5 Å². The standard InChI is InChI=1S/C10H11N5S/c11-15-8-1-4-13-9(5-8)6-16-10-2-3-12-7-14-10/h1-5,7H,6,11H2,(H,13,15). The van der Waals surface area contributed by atoms with Gasteiger partial charge in [-0.05, 0) is 18.2 Å². The number of pyridine rings is 1. The second-order valence-corrected chi connectivity index (χ2v) is 4.01. The number of nitrogens with two attached hydrogens (primary N) is 1. The SMILES string of the molecule is NNc1ccnc(CSc2ccncn2)c1. The molecule has 0 saturated carbocycles. The van der Waals surface area contributed by atoms with Crippen LogP contribution >= 0.6 is 11.8 Å². The largest absolute Gasteiger partial charge is 0.324 e. The normalized spacial score (nSPS) is 10.1. The third-order valence-electron chi connectivity index (χ3n) is 1.91. The number of nitrogens with zero attached hydrogens (tertiary/aromatic N) is 3. The average Bonchev–Trinajstić information content (AvgIpc) is 2.38. The number of thioether (sulfide) groups is 1. The van der Waals surface area contributed by atoms with Crippen molar-refractivity contribution in [2.45, 2.75) is 10.8 Å². The summed E-state index contributed by atoms with van der Waals surface area (Å²) in [6.45, 7) is 0. The molecule has 3 N–H and O–H groups in total. The molecular weight excluding hydrogens is 222 g/mol. The Hall–Kier alpha value is -1.66. The summed E-state index contributed by atoms with van der Waals surface area (Å²) >= 11 is 1.61. The van der Waals surface area contributed by atoms with E-state index in [0.717, 1.165) is 22.2 Å². The molecule has 2 rings (SSSR count). The van der Waals surface area contributed by atoms with Gasteiger partial charge in [-0.1, -0.05) is 11.8 Å². The predicted molar refractivity (Wildman–Crippen MR) is 63.6 cm³/mol. The van der Waals surface area contributed by atoms with Gasteiger partial charge in [0.15, 0.2) is 0 Å². The van der Waals surface area contributed by atoms with Crippen molar-refractivity contribution in [3.8, 4) is 0 Å². The Morgan fingerprint density at radius 3 is 2.94 bits per heavy atom.